The lowest BCUT2D eigenvalue weighted by Crippen LogP contribution is -2.33. The molecule has 142 valence electrons. The van der Waals surface area contributed by atoms with Gasteiger partial charge in [0, 0.05) is 33.1 Å². The van der Waals surface area contributed by atoms with Crippen LogP contribution in [0.1, 0.15) is 35.3 Å². The molecule has 0 saturated carbocycles. The summed E-state index contributed by atoms with van der Waals surface area (Å²) in [5.41, 5.74) is 4.15. The molecule has 2 N–H and O–H groups in total. The van der Waals surface area contributed by atoms with Gasteiger partial charge in [0.2, 0.25) is 0 Å². The molecule has 0 bridgehead atoms. The largest absolute Gasteiger partial charge is 0.508 e. The highest BCUT2D eigenvalue weighted by Crippen LogP contribution is 2.34. The van der Waals surface area contributed by atoms with Crippen LogP contribution in [0.3, 0.4) is 0 Å². The molecular formula is C23H21BrN2OS. The number of thioether (sulfide) groups is 1. The molecule has 0 saturated heterocycles. The van der Waals surface area contributed by atoms with Crippen LogP contribution in [0.5, 0.6) is 5.75 Å². The van der Waals surface area contributed by atoms with Crippen molar-refractivity contribution in [3.8, 4) is 5.75 Å². The standard InChI is InChI=1S/C23H21BrN2OS/c1-28-18-11-9-15(10-12-18)23-25-20(16-5-4-6-17(24)13-16)14-21(26-23)19-7-2-3-8-22(19)27/h2-13,21,23,26-27H,14H2,1H3/t21-,23+/m1/s1. The zero-order chi connectivity index (χ0) is 19.5. The van der Waals surface area contributed by atoms with E-state index in [2.05, 4.69) is 63.9 Å². The number of nitrogens with one attached hydrogen (secondary N) is 1. The van der Waals surface area contributed by atoms with Crippen LogP contribution in [0, 0.1) is 0 Å². The van der Waals surface area contributed by atoms with Crippen LogP contribution in [-0.4, -0.2) is 17.1 Å². The molecule has 0 aliphatic carbocycles. The first-order valence-electron chi connectivity index (χ1n) is 9.14. The summed E-state index contributed by atoms with van der Waals surface area (Å²) in [4.78, 5) is 6.25. The fourth-order valence-electron chi connectivity index (χ4n) is 3.49. The molecular weight excluding hydrogens is 432 g/mol. The number of aromatic hydroxyl groups is 1. The number of hydrogen-bond acceptors (Lipinski definition) is 4. The summed E-state index contributed by atoms with van der Waals surface area (Å²) >= 11 is 5.29. The first-order valence-corrected chi connectivity index (χ1v) is 11.2. The maximum absolute atomic E-state index is 10.4. The molecule has 2 atom stereocenters. The lowest BCUT2D eigenvalue weighted by molar-refractivity contribution is 0.412. The van der Waals surface area contributed by atoms with E-state index in [9.17, 15) is 5.11 Å². The first-order chi connectivity index (χ1) is 13.6. The van der Waals surface area contributed by atoms with Crippen molar-refractivity contribution in [2.75, 3.05) is 6.26 Å². The average Bonchev–Trinajstić information content (AvgIpc) is 2.74. The number of rotatable bonds is 4. The van der Waals surface area contributed by atoms with Crippen LogP contribution in [0.15, 0.2) is 87.2 Å². The molecule has 3 nitrogen and oxygen atoms in total. The number of benzene rings is 3. The number of nitrogens with zero attached hydrogens (tertiary/aromatic N) is 1. The summed E-state index contributed by atoms with van der Waals surface area (Å²) in [7, 11) is 0. The Labute approximate surface area is 178 Å². The van der Waals surface area contributed by atoms with Crippen LogP contribution in [0.4, 0.5) is 0 Å². The SMILES string of the molecule is CSc1ccc([C@H]2N=C(c3cccc(Br)c3)C[C@H](c3ccccc3O)N2)cc1. The molecule has 0 radical (unpaired) electrons. The van der Waals surface area contributed by atoms with E-state index in [-0.39, 0.29) is 12.2 Å². The van der Waals surface area contributed by atoms with Gasteiger partial charge in [-0.2, -0.15) is 0 Å². The van der Waals surface area contributed by atoms with E-state index >= 15 is 0 Å². The molecule has 3 aromatic rings. The second-order valence-corrected chi connectivity index (χ2v) is 8.54. The van der Waals surface area contributed by atoms with E-state index in [1.807, 2.05) is 30.3 Å². The van der Waals surface area contributed by atoms with Gasteiger partial charge in [-0.15, -0.1) is 11.8 Å². The Hall–Kier alpha value is -2.08. The van der Waals surface area contributed by atoms with Crippen molar-refractivity contribution in [2.24, 2.45) is 4.99 Å². The molecule has 1 aliphatic heterocycles. The molecule has 0 unspecified atom stereocenters. The van der Waals surface area contributed by atoms with Crippen molar-refractivity contribution in [3.63, 3.8) is 0 Å². The zero-order valence-electron chi connectivity index (χ0n) is 15.5. The number of phenolic OH excluding ortho intramolecular Hbond substituents is 1. The summed E-state index contributed by atoms with van der Waals surface area (Å²) in [5.74, 6) is 0.312. The van der Waals surface area contributed by atoms with Crippen LogP contribution in [0.25, 0.3) is 0 Å². The van der Waals surface area contributed by atoms with Gasteiger partial charge in [-0.05, 0) is 47.7 Å². The van der Waals surface area contributed by atoms with Gasteiger partial charge in [0.25, 0.3) is 0 Å². The van der Waals surface area contributed by atoms with Crippen molar-refractivity contribution in [1.29, 1.82) is 0 Å². The topological polar surface area (TPSA) is 44.6 Å². The van der Waals surface area contributed by atoms with Crippen molar-refractivity contribution in [1.82, 2.24) is 5.32 Å². The molecule has 1 aliphatic rings. The van der Waals surface area contributed by atoms with Gasteiger partial charge in [0.1, 0.15) is 11.9 Å². The van der Waals surface area contributed by atoms with Crippen molar-refractivity contribution in [2.45, 2.75) is 23.5 Å². The number of hydrogen-bond donors (Lipinski definition) is 2. The number of halogens is 1. The summed E-state index contributed by atoms with van der Waals surface area (Å²) in [6, 6.07) is 24.2. The summed E-state index contributed by atoms with van der Waals surface area (Å²) in [6.07, 6.45) is 2.63. The van der Waals surface area contributed by atoms with Crippen LogP contribution >= 0.6 is 27.7 Å². The molecule has 3 aromatic carbocycles. The van der Waals surface area contributed by atoms with E-state index in [1.165, 1.54) is 4.90 Å². The molecule has 1 heterocycles. The Morgan fingerprint density at radius 3 is 2.54 bits per heavy atom. The lowest BCUT2D eigenvalue weighted by Gasteiger charge is -2.31. The third kappa shape index (κ3) is 4.17. The quantitative estimate of drug-likeness (QED) is 0.470. The van der Waals surface area contributed by atoms with E-state index in [1.54, 1.807) is 17.8 Å². The normalized spacial score (nSPS) is 19.3. The smallest absolute Gasteiger partial charge is 0.126 e. The predicted octanol–water partition coefficient (Wildman–Crippen LogP) is 6.10. The van der Waals surface area contributed by atoms with Gasteiger partial charge in [-0.25, -0.2) is 0 Å². The van der Waals surface area contributed by atoms with Crippen molar-refractivity contribution >= 4 is 33.4 Å². The fourth-order valence-corrected chi connectivity index (χ4v) is 4.30. The van der Waals surface area contributed by atoms with Gasteiger partial charge in [0.05, 0.1) is 0 Å². The number of phenols is 1. The minimum Gasteiger partial charge on any atom is -0.508 e. The molecule has 0 fully saturated rings. The van der Waals surface area contributed by atoms with Gasteiger partial charge in [-0.1, -0.05) is 58.4 Å². The maximum atomic E-state index is 10.4. The molecule has 4 rings (SSSR count). The highest BCUT2D eigenvalue weighted by atomic mass is 79.9. The van der Waals surface area contributed by atoms with Gasteiger partial charge in [0.15, 0.2) is 0 Å². The van der Waals surface area contributed by atoms with Crippen LogP contribution < -0.4 is 5.32 Å². The second-order valence-electron chi connectivity index (χ2n) is 6.74. The summed E-state index contributed by atoms with van der Waals surface area (Å²) in [5, 5.41) is 14.0. The average molecular weight is 453 g/mol. The monoisotopic (exact) mass is 452 g/mol. The minimum absolute atomic E-state index is 0.0158. The molecule has 0 aromatic heterocycles. The molecule has 28 heavy (non-hydrogen) atoms. The highest BCUT2D eigenvalue weighted by molar-refractivity contribution is 9.10. The summed E-state index contributed by atoms with van der Waals surface area (Å²) in [6.45, 7) is 0. The second kappa shape index (κ2) is 8.52. The van der Waals surface area contributed by atoms with Gasteiger partial charge in [-0.3, -0.25) is 10.3 Å². The Bertz CT molecular complexity index is 1000. The Balaban J connectivity index is 1.74. The maximum Gasteiger partial charge on any atom is 0.126 e. The van der Waals surface area contributed by atoms with E-state index in [4.69, 9.17) is 4.99 Å². The first kappa shape index (κ1) is 19.2. The predicted molar refractivity (Wildman–Crippen MR) is 120 cm³/mol. The van der Waals surface area contributed by atoms with Crippen LogP contribution in [-0.2, 0) is 0 Å². The molecule has 0 amide bonds. The number of para-hydroxylation sites is 1. The van der Waals surface area contributed by atoms with E-state index in [0.717, 1.165) is 26.9 Å². The lowest BCUT2D eigenvalue weighted by atomic mass is 9.93. The van der Waals surface area contributed by atoms with E-state index in [0.29, 0.717) is 12.2 Å². The van der Waals surface area contributed by atoms with Gasteiger partial charge >= 0.3 is 0 Å². The Morgan fingerprint density at radius 2 is 1.82 bits per heavy atom. The molecule has 5 heteroatoms. The third-order valence-corrected chi connectivity index (χ3v) is 6.18. The van der Waals surface area contributed by atoms with E-state index < -0.39 is 0 Å². The van der Waals surface area contributed by atoms with Crippen molar-refractivity contribution in [3.05, 3.63) is 94.0 Å². The van der Waals surface area contributed by atoms with Crippen molar-refractivity contribution < 1.29 is 5.11 Å². The number of aliphatic imine (C=N–C) groups is 1. The van der Waals surface area contributed by atoms with Gasteiger partial charge < -0.3 is 5.11 Å². The minimum atomic E-state index is -0.164. The highest BCUT2D eigenvalue weighted by Gasteiger charge is 2.27. The third-order valence-electron chi connectivity index (χ3n) is 4.94. The Kier molecular flexibility index (Phi) is 5.85. The fraction of sp³-hybridized carbons (Fsp3) is 0.174. The zero-order valence-corrected chi connectivity index (χ0v) is 17.9. The Morgan fingerprint density at radius 1 is 1.04 bits per heavy atom. The molecule has 0 spiro atoms. The summed E-state index contributed by atoms with van der Waals surface area (Å²) < 4.78 is 1.03. The van der Waals surface area contributed by atoms with Crippen LogP contribution in [0.2, 0.25) is 0 Å².